The average molecular weight is 192 g/mol. The Bertz CT molecular complexity index is 636. The molecule has 0 aliphatic rings. The van der Waals surface area contributed by atoms with E-state index in [4.69, 9.17) is 0 Å². The molecule has 0 aromatic heterocycles. The molecule has 0 heteroatoms. The van der Waals surface area contributed by atoms with Gasteiger partial charge in [-0.2, -0.15) is 0 Å². The number of rotatable bonds is 0. The first kappa shape index (κ1) is 8.49. The minimum atomic E-state index is 1.32. The Morgan fingerprint density at radius 2 is 1.33 bits per heavy atom. The molecule has 3 aromatic carbocycles. The van der Waals surface area contributed by atoms with E-state index in [1.165, 1.54) is 27.1 Å². The second-order valence-electron chi connectivity index (χ2n) is 4.01. The Hall–Kier alpha value is -1.82. The van der Waals surface area contributed by atoms with Gasteiger partial charge >= 0.3 is 0 Å². The van der Waals surface area contributed by atoms with Crippen LogP contribution in [0.25, 0.3) is 21.5 Å². The Morgan fingerprint density at radius 3 is 2.20 bits per heavy atom. The second-order valence-corrected chi connectivity index (χ2v) is 4.01. The molecule has 0 unspecified atom stereocenters. The maximum Gasteiger partial charge on any atom is -0.0103 e. The van der Waals surface area contributed by atoms with Crippen LogP contribution < -0.4 is 0 Å². The van der Waals surface area contributed by atoms with Gasteiger partial charge in [0.1, 0.15) is 0 Å². The summed E-state index contributed by atoms with van der Waals surface area (Å²) in [5.74, 6) is 0. The van der Waals surface area contributed by atoms with Crippen LogP contribution in [0.4, 0.5) is 0 Å². The van der Waals surface area contributed by atoms with Crippen LogP contribution in [0.1, 0.15) is 5.56 Å². The van der Waals surface area contributed by atoms with E-state index >= 15 is 0 Å². The normalized spacial score (nSPS) is 11.0. The van der Waals surface area contributed by atoms with Crippen molar-refractivity contribution in [2.45, 2.75) is 6.92 Å². The molecule has 0 N–H and O–H groups in total. The van der Waals surface area contributed by atoms with Crippen molar-refractivity contribution in [3.63, 3.8) is 0 Å². The highest BCUT2D eigenvalue weighted by Gasteiger charge is 1.99. The molecular formula is C15H12. The van der Waals surface area contributed by atoms with Gasteiger partial charge in [0.15, 0.2) is 0 Å². The van der Waals surface area contributed by atoms with Crippen molar-refractivity contribution >= 4 is 21.5 Å². The quantitative estimate of drug-likeness (QED) is 0.466. The van der Waals surface area contributed by atoms with Gasteiger partial charge in [0.2, 0.25) is 0 Å². The maximum atomic E-state index is 2.26. The molecule has 0 aliphatic carbocycles. The Morgan fingerprint density at radius 1 is 0.667 bits per heavy atom. The molecule has 0 aliphatic heterocycles. The minimum absolute atomic E-state index is 1.32. The van der Waals surface area contributed by atoms with Crippen molar-refractivity contribution in [1.82, 2.24) is 0 Å². The van der Waals surface area contributed by atoms with Gasteiger partial charge in [0.25, 0.3) is 0 Å². The third-order valence-electron chi connectivity index (χ3n) is 2.90. The van der Waals surface area contributed by atoms with Crippen LogP contribution in [0, 0.1) is 6.92 Å². The third-order valence-corrected chi connectivity index (χ3v) is 2.90. The topological polar surface area (TPSA) is 0 Å². The predicted molar refractivity (Wildman–Crippen MR) is 66.2 cm³/mol. The van der Waals surface area contributed by atoms with E-state index < -0.39 is 0 Å². The molecule has 0 nitrogen and oxygen atoms in total. The second kappa shape index (κ2) is 3.09. The van der Waals surface area contributed by atoms with Crippen LogP contribution in [-0.4, -0.2) is 0 Å². The molecule has 3 aromatic rings. The minimum Gasteiger partial charge on any atom is -0.0616 e. The van der Waals surface area contributed by atoms with Gasteiger partial charge in [-0.15, -0.1) is 0 Å². The fourth-order valence-electron chi connectivity index (χ4n) is 2.12. The number of benzene rings is 3. The van der Waals surface area contributed by atoms with Crippen LogP contribution in [0.3, 0.4) is 0 Å². The lowest BCUT2D eigenvalue weighted by molar-refractivity contribution is 1.51. The van der Waals surface area contributed by atoms with Crippen molar-refractivity contribution in [3.8, 4) is 0 Å². The summed E-state index contributed by atoms with van der Waals surface area (Å²) in [5.41, 5.74) is 1.32. The Labute approximate surface area is 89.2 Å². The first-order chi connectivity index (χ1) is 7.34. The zero-order valence-corrected chi connectivity index (χ0v) is 8.70. The zero-order valence-electron chi connectivity index (χ0n) is 8.70. The molecule has 0 saturated heterocycles. The van der Waals surface area contributed by atoms with Gasteiger partial charge in [-0.1, -0.05) is 60.2 Å². The molecule has 0 radical (unpaired) electrons. The van der Waals surface area contributed by atoms with Crippen LogP contribution >= 0.6 is 0 Å². The first-order valence-corrected chi connectivity index (χ1v) is 5.23. The molecule has 0 fully saturated rings. The summed E-state index contributed by atoms with van der Waals surface area (Å²) >= 11 is 0. The fraction of sp³-hybridized carbons (Fsp3) is 0.0667. The number of fused-ring (bicyclic) bond motifs is 3. The summed E-state index contributed by atoms with van der Waals surface area (Å²) in [7, 11) is 0. The van der Waals surface area contributed by atoms with Crippen molar-refractivity contribution in [3.05, 3.63) is 60.2 Å². The molecule has 0 amide bonds. The zero-order chi connectivity index (χ0) is 10.3. The van der Waals surface area contributed by atoms with Crippen LogP contribution in [0.15, 0.2) is 54.6 Å². The van der Waals surface area contributed by atoms with Crippen molar-refractivity contribution in [2.24, 2.45) is 0 Å². The molecule has 0 atom stereocenters. The van der Waals surface area contributed by atoms with E-state index in [0.29, 0.717) is 0 Å². The van der Waals surface area contributed by atoms with Gasteiger partial charge < -0.3 is 0 Å². The monoisotopic (exact) mass is 192 g/mol. The van der Waals surface area contributed by atoms with E-state index in [0.717, 1.165) is 0 Å². The summed E-state index contributed by atoms with van der Waals surface area (Å²) in [6.07, 6.45) is 0. The SMILES string of the molecule is Cc1ccc2ccc3ccccc3c2c1. The number of hydrogen-bond acceptors (Lipinski definition) is 0. The number of hydrogen-bond donors (Lipinski definition) is 0. The highest BCUT2D eigenvalue weighted by atomic mass is 14.0. The van der Waals surface area contributed by atoms with E-state index in [2.05, 4.69) is 61.5 Å². The fourth-order valence-corrected chi connectivity index (χ4v) is 2.12. The molecule has 0 heterocycles. The van der Waals surface area contributed by atoms with E-state index in [1.807, 2.05) is 0 Å². The van der Waals surface area contributed by atoms with E-state index in [1.54, 1.807) is 0 Å². The van der Waals surface area contributed by atoms with E-state index in [-0.39, 0.29) is 0 Å². The molecule has 72 valence electrons. The third kappa shape index (κ3) is 1.30. The molecule has 3 rings (SSSR count). The van der Waals surface area contributed by atoms with Crippen LogP contribution in [0.2, 0.25) is 0 Å². The molecule has 0 spiro atoms. The van der Waals surface area contributed by atoms with Gasteiger partial charge in [0.05, 0.1) is 0 Å². The summed E-state index contributed by atoms with van der Waals surface area (Å²) in [5, 5.41) is 5.33. The number of aryl methyl sites for hydroxylation is 1. The average Bonchev–Trinajstić information content (AvgIpc) is 2.29. The standard InChI is InChI=1S/C15H12/c1-11-6-7-13-9-8-12-4-2-3-5-14(12)15(13)10-11/h2-10H,1H3. The van der Waals surface area contributed by atoms with Gasteiger partial charge in [-0.3, -0.25) is 0 Å². The highest BCUT2D eigenvalue weighted by molar-refractivity contribution is 6.07. The summed E-state index contributed by atoms with van der Waals surface area (Å²) in [6.45, 7) is 2.14. The molecule has 0 saturated carbocycles. The van der Waals surface area contributed by atoms with Crippen molar-refractivity contribution in [2.75, 3.05) is 0 Å². The van der Waals surface area contributed by atoms with Crippen LogP contribution in [0.5, 0.6) is 0 Å². The summed E-state index contributed by atoms with van der Waals surface area (Å²) < 4.78 is 0. The lowest BCUT2D eigenvalue weighted by Crippen LogP contribution is -1.78. The summed E-state index contributed by atoms with van der Waals surface area (Å²) in [6, 6.07) is 19.5. The van der Waals surface area contributed by atoms with Gasteiger partial charge in [-0.05, 0) is 28.5 Å². The summed E-state index contributed by atoms with van der Waals surface area (Å²) in [4.78, 5) is 0. The van der Waals surface area contributed by atoms with Crippen molar-refractivity contribution < 1.29 is 0 Å². The lowest BCUT2D eigenvalue weighted by atomic mass is 10.0. The highest BCUT2D eigenvalue weighted by Crippen LogP contribution is 2.25. The first-order valence-electron chi connectivity index (χ1n) is 5.23. The van der Waals surface area contributed by atoms with Gasteiger partial charge in [-0.25, -0.2) is 0 Å². The molecule has 0 bridgehead atoms. The predicted octanol–water partition coefficient (Wildman–Crippen LogP) is 4.30. The Kier molecular flexibility index (Phi) is 1.75. The Balaban J connectivity index is 2.57. The maximum absolute atomic E-state index is 2.26. The molecule has 15 heavy (non-hydrogen) atoms. The largest absolute Gasteiger partial charge is 0.0616 e. The van der Waals surface area contributed by atoms with Crippen LogP contribution in [-0.2, 0) is 0 Å². The lowest BCUT2D eigenvalue weighted by Gasteiger charge is -2.04. The molecular weight excluding hydrogens is 180 g/mol. The van der Waals surface area contributed by atoms with Crippen molar-refractivity contribution in [1.29, 1.82) is 0 Å². The van der Waals surface area contributed by atoms with E-state index in [9.17, 15) is 0 Å². The van der Waals surface area contributed by atoms with Gasteiger partial charge in [0, 0.05) is 0 Å². The smallest absolute Gasteiger partial charge is 0.0103 e.